The van der Waals surface area contributed by atoms with E-state index in [2.05, 4.69) is 20.0 Å². The van der Waals surface area contributed by atoms with E-state index in [0.29, 0.717) is 29.6 Å². The number of hydrogen-bond donors (Lipinski definition) is 1. The summed E-state index contributed by atoms with van der Waals surface area (Å²) in [6, 6.07) is 7.57. The first-order valence-electron chi connectivity index (χ1n) is 9.64. The molecule has 0 bridgehead atoms. The summed E-state index contributed by atoms with van der Waals surface area (Å²) in [6.45, 7) is 5.40. The largest absolute Gasteiger partial charge is 0.475 e. The number of pyridine rings is 1. The molecule has 1 atom stereocenters. The molecule has 2 N–H and O–H groups in total. The van der Waals surface area contributed by atoms with E-state index in [4.69, 9.17) is 19.6 Å². The molecule has 5 heterocycles. The first-order valence-corrected chi connectivity index (χ1v) is 9.64. The Labute approximate surface area is 167 Å². The van der Waals surface area contributed by atoms with Crippen LogP contribution in [0.2, 0.25) is 0 Å². The summed E-state index contributed by atoms with van der Waals surface area (Å²) in [5, 5.41) is 5.50. The molecule has 1 saturated heterocycles. The smallest absolute Gasteiger partial charge is 0.231 e. The van der Waals surface area contributed by atoms with Crippen LogP contribution in [0.15, 0.2) is 41.1 Å². The second-order valence-electron chi connectivity index (χ2n) is 7.13. The van der Waals surface area contributed by atoms with E-state index in [1.807, 2.05) is 25.1 Å². The maximum absolute atomic E-state index is 6.06. The van der Waals surface area contributed by atoms with Gasteiger partial charge in [-0.05, 0) is 25.1 Å². The molecule has 0 aromatic carbocycles. The molecule has 0 aliphatic carbocycles. The van der Waals surface area contributed by atoms with Crippen molar-refractivity contribution in [3.63, 3.8) is 0 Å². The molecule has 0 saturated carbocycles. The third-order valence-corrected chi connectivity index (χ3v) is 4.85. The van der Waals surface area contributed by atoms with E-state index in [1.54, 1.807) is 23.0 Å². The molecular weight excluding hydrogens is 372 g/mol. The zero-order valence-corrected chi connectivity index (χ0v) is 16.1. The predicted molar refractivity (Wildman–Crippen MR) is 108 cm³/mol. The fourth-order valence-electron chi connectivity index (χ4n) is 3.45. The van der Waals surface area contributed by atoms with Gasteiger partial charge in [0.05, 0.1) is 30.5 Å². The molecule has 1 aliphatic heterocycles. The topological polar surface area (TPSA) is 104 Å². The van der Waals surface area contributed by atoms with Gasteiger partial charge in [0.1, 0.15) is 12.3 Å². The van der Waals surface area contributed by atoms with Crippen molar-refractivity contribution < 1.29 is 13.9 Å². The third-order valence-electron chi connectivity index (χ3n) is 4.85. The molecule has 0 unspecified atom stereocenters. The van der Waals surface area contributed by atoms with Crippen molar-refractivity contribution in [2.75, 3.05) is 37.8 Å². The molecule has 0 amide bonds. The number of nitrogens with two attached hydrogens (primary N) is 1. The molecule has 1 aliphatic rings. The van der Waals surface area contributed by atoms with Crippen LogP contribution in [-0.4, -0.2) is 58.5 Å². The van der Waals surface area contributed by atoms with Gasteiger partial charge in [-0.2, -0.15) is 0 Å². The number of furan rings is 1. The van der Waals surface area contributed by atoms with Crippen molar-refractivity contribution in [3.8, 4) is 17.3 Å². The number of morpholine rings is 1. The van der Waals surface area contributed by atoms with Crippen molar-refractivity contribution in [3.05, 3.63) is 36.7 Å². The number of aromatic nitrogens is 4. The molecule has 9 nitrogen and oxygen atoms in total. The van der Waals surface area contributed by atoms with Gasteiger partial charge >= 0.3 is 0 Å². The minimum absolute atomic E-state index is 0.0742. The maximum atomic E-state index is 6.06. The van der Waals surface area contributed by atoms with Gasteiger partial charge in [0.15, 0.2) is 11.4 Å². The number of fused-ring (bicyclic) bond motifs is 2. The van der Waals surface area contributed by atoms with Crippen molar-refractivity contribution in [1.82, 2.24) is 19.6 Å². The Kier molecular flexibility index (Phi) is 4.53. The molecule has 4 aromatic rings. The fourth-order valence-corrected chi connectivity index (χ4v) is 3.45. The van der Waals surface area contributed by atoms with Crippen LogP contribution in [0.5, 0.6) is 5.88 Å². The first-order chi connectivity index (χ1) is 14.2. The van der Waals surface area contributed by atoms with Crippen LogP contribution in [0.1, 0.15) is 6.92 Å². The summed E-state index contributed by atoms with van der Waals surface area (Å²) in [5.41, 5.74) is 8.88. The van der Waals surface area contributed by atoms with Gasteiger partial charge < -0.3 is 24.5 Å². The van der Waals surface area contributed by atoms with Crippen LogP contribution in [-0.2, 0) is 4.74 Å². The lowest BCUT2D eigenvalue weighted by Gasteiger charge is -2.29. The highest BCUT2D eigenvalue weighted by Crippen LogP contribution is 2.33. The quantitative estimate of drug-likeness (QED) is 0.549. The Morgan fingerprint density at radius 1 is 1.21 bits per heavy atom. The lowest BCUT2D eigenvalue weighted by molar-refractivity contribution is 0.123. The predicted octanol–water partition coefficient (Wildman–Crippen LogP) is 2.10. The number of rotatable bonds is 5. The van der Waals surface area contributed by atoms with Crippen molar-refractivity contribution in [1.29, 1.82) is 0 Å². The van der Waals surface area contributed by atoms with Crippen LogP contribution < -0.4 is 15.4 Å². The zero-order valence-electron chi connectivity index (χ0n) is 16.1. The highest BCUT2D eigenvalue weighted by atomic mass is 16.5. The second kappa shape index (κ2) is 7.34. The highest BCUT2D eigenvalue weighted by Gasteiger charge is 2.19. The standard InChI is InChI=1S/C20H22N6O3/c1-13(21)12-28-19-3-2-18-23-11-16(26(18)24-19)17-10-14-15(4-5-22-20(14)29-17)25-6-8-27-9-7-25/h2-5,10-11,13H,6-9,12,21H2,1H3/t13-/m0/s1. The third kappa shape index (κ3) is 3.39. The zero-order chi connectivity index (χ0) is 19.8. The molecule has 4 aromatic heterocycles. The SMILES string of the molecule is C[C@H](N)COc1ccc2ncc(-c3cc4c(N5CCOCC5)ccnc4o3)n2n1. The molecule has 0 spiro atoms. The molecule has 9 heteroatoms. The van der Waals surface area contributed by atoms with Crippen LogP contribution in [0.4, 0.5) is 5.69 Å². The number of anilines is 1. The van der Waals surface area contributed by atoms with Crippen LogP contribution in [0.25, 0.3) is 28.2 Å². The molecule has 5 rings (SSSR count). The summed E-state index contributed by atoms with van der Waals surface area (Å²) >= 11 is 0. The lowest BCUT2D eigenvalue weighted by atomic mass is 10.2. The number of hydrogen-bond acceptors (Lipinski definition) is 8. The minimum Gasteiger partial charge on any atom is -0.475 e. The number of nitrogens with zero attached hydrogens (tertiary/aromatic N) is 5. The summed E-state index contributed by atoms with van der Waals surface area (Å²) in [4.78, 5) is 11.1. The Hall–Kier alpha value is -3.17. The van der Waals surface area contributed by atoms with Gasteiger partial charge in [0, 0.05) is 31.4 Å². The highest BCUT2D eigenvalue weighted by molar-refractivity contribution is 5.91. The first kappa shape index (κ1) is 17.9. The molecule has 1 fully saturated rings. The van der Waals surface area contributed by atoms with Gasteiger partial charge in [-0.25, -0.2) is 14.5 Å². The van der Waals surface area contributed by atoms with Crippen molar-refractivity contribution in [2.24, 2.45) is 5.73 Å². The summed E-state index contributed by atoms with van der Waals surface area (Å²) in [6.07, 6.45) is 3.51. The van der Waals surface area contributed by atoms with Crippen LogP contribution in [0.3, 0.4) is 0 Å². The van der Waals surface area contributed by atoms with Gasteiger partial charge in [0.2, 0.25) is 11.6 Å². The van der Waals surface area contributed by atoms with E-state index in [9.17, 15) is 0 Å². The molecule has 150 valence electrons. The molecule has 29 heavy (non-hydrogen) atoms. The van der Waals surface area contributed by atoms with E-state index in [-0.39, 0.29) is 6.04 Å². The second-order valence-corrected chi connectivity index (χ2v) is 7.13. The van der Waals surface area contributed by atoms with Gasteiger partial charge in [-0.1, -0.05) is 0 Å². The summed E-state index contributed by atoms with van der Waals surface area (Å²) in [7, 11) is 0. The minimum atomic E-state index is -0.0742. The number of ether oxygens (including phenoxy) is 2. The van der Waals surface area contributed by atoms with Gasteiger partial charge in [0.25, 0.3) is 0 Å². The Bertz CT molecular complexity index is 1150. The molecule has 0 radical (unpaired) electrons. The van der Waals surface area contributed by atoms with Crippen molar-refractivity contribution in [2.45, 2.75) is 13.0 Å². The monoisotopic (exact) mass is 394 g/mol. The Morgan fingerprint density at radius 2 is 2.07 bits per heavy atom. The normalized spacial score (nSPS) is 15.9. The van der Waals surface area contributed by atoms with E-state index in [0.717, 1.165) is 43.1 Å². The van der Waals surface area contributed by atoms with E-state index >= 15 is 0 Å². The van der Waals surface area contributed by atoms with E-state index < -0.39 is 0 Å². The average molecular weight is 394 g/mol. The van der Waals surface area contributed by atoms with Gasteiger partial charge in [-0.15, -0.1) is 5.10 Å². The lowest BCUT2D eigenvalue weighted by Crippen LogP contribution is -2.36. The average Bonchev–Trinajstić information content (AvgIpc) is 3.36. The Balaban J connectivity index is 1.55. The Morgan fingerprint density at radius 3 is 2.90 bits per heavy atom. The summed E-state index contributed by atoms with van der Waals surface area (Å²) < 4.78 is 18.9. The summed E-state index contributed by atoms with van der Waals surface area (Å²) in [5.74, 6) is 1.13. The van der Waals surface area contributed by atoms with Gasteiger partial charge in [-0.3, -0.25) is 0 Å². The number of imidazole rings is 1. The maximum Gasteiger partial charge on any atom is 0.231 e. The molecular formula is C20H22N6O3. The van der Waals surface area contributed by atoms with Crippen molar-refractivity contribution >= 4 is 22.4 Å². The van der Waals surface area contributed by atoms with E-state index in [1.165, 1.54) is 0 Å². The fraction of sp³-hybridized carbons (Fsp3) is 0.350. The van der Waals surface area contributed by atoms with Crippen LogP contribution in [0, 0.1) is 0 Å². The van der Waals surface area contributed by atoms with Crippen LogP contribution >= 0.6 is 0 Å².